The third kappa shape index (κ3) is 8.40. The van der Waals surface area contributed by atoms with Crippen LogP contribution in [-0.2, 0) is 26.2 Å². The van der Waals surface area contributed by atoms with Gasteiger partial charge in [0.15, 0.2) is 0 Å². The number of halogens is 2. The Morgan fingerprint density at radius 3 is 2.26 bits per heavy atom. The summed E-state index contributed by atoms with van der Waals surface area (Å²) in [6.45, 7) is 8.60. The number of methoxy groups -OCH3 is 1. The molecule has 0 saturated carbocycles. The first-order valence-corrected chi connectivity index (χ1v) is 15.6. The smallest absolute Gasteiger partial charge is 0.264 e. The predicted octanol–water partition coefficient (Wildman–Crippen LogP) is 6.23. The fourth-order valence-electron chi connectivity index (χ4n) is 4.37. The first-order valence-electron chi connectivity index (χ1n) is 13.4. The van der Waals surface area contributed by atoms with Crippen molar-refractivity contribution in [2.75, 3.05) is 18.0 Å². The maximum Gasteiger partial charge on any atom is 0.264 e. The molecule has 0 aliphatic carbocycles. The average molecular weight is 635 g/mol. The van der Waals surface area contributed by atoms with Crippen molar-refractivity contribution in [1.29, 1.82) is 0 Å². The van der Waals surface area contributed by atoms with Crippen molar-refractivity contribution in [1.82, 2.24) is 10.2 Å². The Kier molecular flexibility index (Phi) is 10.9. The fourth-order valence-corrected chi connectivity index (χ4v) is 6.23. The number of carbonyl (C=O) groups is 2. The van der Waals surface area contributed by atoms with Gasteiger partial charge in [0, 0.05) is 17.1 Å². The molecule has 0 spiro atoms. The summed E-state index contributed by atoms with van der Waals surface area (Å²) in [5.74, 6) is -0.364. The number of benzene rings is 3. The zero-order valence-corrected chi connectivity index (χ0v) is 27.0. The van der Waals surface area contributed by atoms with E-state index in [2.05, 4.69) is 5.32 Å². The van der Waals surface area contributed by atoms with Gasteiger partial charge in [0.2, 0.25) is 11.8 Å². The average Bonchev–Trinajstić information content (AvgIpc) is 2.92. The molecule has 0 bridgehead atoms. The molecule has 11 heteroatoms. The normalized spacial score (nSPS) is 12.4. The largest absolute Gasteiger partial charge is 0.497 e. The highest BCUT2D eigenvalue weighted by atomic mass is 35.5. The maximum atomic E-state index is 14.2. The molecular formula is C31H37Cl2N3O5S. The Labute approximate surface area is 258 Å². The molecule has 2 amide bonds. The van der Waals surface area contributed by atoms with E-state index in [0.29, 0.717) is 17.7 Å². The minimum atomic E-state index is -4.28. The van der Waals surface area contributed by atoms with E-state index in [1.54, 1.807) is 37.3 Å². The number of hydrogen-bond donors (Lipinski definition) is 1. The van der Waals surface area contributed by atoms with Crippen LogP contribution in [0, 0.1) is 6.92 Å². The van der Waals surface area contributed by atoms with Crippen LogP contribution in [0.25, 0.3) is 0 Å². The van der Waals surface area contributed by atoms with E-state index in [1.165, 1.54) is 42.3 Å². The summed E-state index contributed by atoms with van der Waals surface area (Å²) in [6.07, 6.45) is 0.292. The second-order valence-corrected chi connectivity index (χ2v) is 13.7. The molecule has 8 nitrogen and oxygen atoms in total. The van der Waals surface area contributed by atoms with Crippen LogP contribution in [0.3, 0.4) is 0 Å². The van der Waals surface area contributed by atoms with E-state index < -0.39 is 34.1 Å². The van der Waals surface area contributed by atoms with E-state index in [1.807, 2.05) is 33.8 Å². The van der Waals surface area contributed by atoms with Gasteiger partial charge in [0.05, 0.1) is 22.7 Å². The highest BCUT2D eigenvalue weighted by Crippen LogP contribution is 2.33. The molecule has 3 aromatic carbocycles. The third-order valence-electron chi connectivity index (χ3n) is 6.44. The summed E-state index contributed by atoms with van der Waals surface area (Å²) in [4.78, 5) is 29.0. The van der Waals surface area contributed by atoms with Crippen molar-refractivity contribution in [2.45, 2.75) is 64.1 Å². The highest BCUT2D eigenvalue weighted by Gasteiger charge is 2.35. The second-order valence-electron chi connectivity index (χ2n) is 11.0. The summed E-state index contributed by atoms with van der Waals surface area (Å²) in [7, 11) is -2.74. The van der Waals surface area contributed by atoms with E-state index in [4.69, 9.17) is 27.9 Å². The standard InChI is InChI=1S/C31H37Cl2N3O5S/c1-7-27(30(38)34-31(3,4)5)35(19-22-9-8-10-24(17-22)41-6)29(37)20-36(28-18-23(32)13-16-26(28)33)42(39,40)25-14-11-21(2)12-15-25/h8-18,27H,7,19-20H2,1-6H3,(H,34,38)/t27-/m1/s1. The molecule has 0 radical (unpaired) electrons. The van der Waals surface area contributed by atoms with Gasteiger partial charge in [-0.25, -0.2) is 8.42 Å². The molecule has 0 saturated heterocycles. The SMILES string of the molecule is CC[C@H](C(=O)NC(C)(C)C)N(Cc1cccc(OC)c1)C(=O)CN(c1cc(Cl)ccc1Cl)S(=O)(=O)c1ccc(C)cc1. The van der Waals surface area contributed by atoms with Crippen molar-refractivity contribution in [3.8, 4) is 5.75 Å². The lowest BCUT2D eigenvalue weighted by Gasteiger charge is -2.35. The van der Waals surface area contributed by atoms with Crippen molar-refractivity contribution in [2.24, 2.45) is 0 Å². The molecule has 0 aromatic heterocycles. The van der Waals surface area contributed by atoms with Crippen LogP contribution in [0.5, 0.6) is 5.75 Å². The van der Waals surface area contributed by atoms with E-state index in [0.717, 1.165) is 9.87 Å². The van der Waals surface area contributed by atoms with Gasteiger partial charge in [-0.1, -0.05) is 60.0 Å². The number of sulfonamides is 1. The summed E-state index contributed by atoms with van der Waals surface area (Å²) in [5, 5.41) is 3.29. The molecule has 3 aromatic rings. The molecule has 1 atom stereocenters. The Bertz CT molecular complexity index is 1520. The van der Waals surface area contributed by atoms with E-state index >= 15 is 0 Å². The molecule has 0 unspecified atom stereocenters. The number of anilines is 1. The molecular weight excluding hydrogens is 597 g/mol. The number of nitrogens with one attached hydrogen (secondary N) is 1. The monoisotopic (exact) mass is 633 g/mol. The minimum absolute atomic E-state index is 0.0196. The molecule has 0 aliphatic heterocycles. The topological polar surface area (TPSA) is 96.0 Å². The molecule has 0 fully saturated rings. The first kappa shape index (κ1) is 33.2. The maximum absolute atomic E-state index is 14.2. The summed E-state index contributed by atoms with van der Waals surface area (Å²) in [6, 6.07) is 16.9. The van der Waals surface area contributed by atoms with Gasteiger partial charge in [-0.05, 0) is 82.1 Å². The lowest BCUT2D eigenvalue weighted by atomic mass is 10.1. The summed E-state index contributed by atoms with van der Waals surface area (Å²) in [5.41, 5.74) is 1.08. The quantitative estimate of drug-likeness (QED) is 0.270. The molecule has 3 rings (SSSR count). The Hall–Kier alpha value is -3.27. The number of rotatable bonds is 11. The highest BCUT2D eigenvalue weighted by molar-refractivity contribution is 7.92. The summed E-state index contributed by atoms with van der Waals surface area (Å²) >= 11 is 12.7. The van der Waals surface area contributed by atoms with Crippen LogP contribution in [0.2, 0.25) is 10.0 Å². The van der Waals surface area contributed by atoms with Gasteiger partial charge < -0.3 is 15.0 Å². The Morgan fingerprint density at radius 1 is 1.00 bits per heavy atom. The van der Waals surface area contributed by atoms with E-state index in [-0.39, 0.29) is 33.1 Å². The van der Waals surface area contributed by atoms with Gasteiger partial charge in [0.1, 0.15) is 18.3 Å². The van der Waals surface area contributed by atoms with Crippen LogP contribution in [-0.4, -0.2) is 50.4 Å². The van der Waals surface area contributed by atoms with Gasteiger partial charge in [-0.3, -0.25) is 13.9 Å². The molecule has 226 valence electrons. The van der Waals surface area contributed by atoms with Crippen LogP contribution in [0.15, 0.2) is 71.6 Å². The molecule has 1 N–H and O–H groups in total. The fraction of sp³-hybridized carbons (Fsp3) is 0.355. The number of amides is 2. The van der Waals surface area contributed by atoms with Gasteiger partial charge in [-0.15, -0.1) is 0 Å². The van der Waals surface area contributed by atoms with Gasteiger partial charge in [-0.2, -0.15) is 0 Å². The number of aryl methyl sites for hydroxylation is 1. The zero-order valence-electron chi connectivity index (χ0n) is 24.6. The number of carbonyl (C=O) groups excluding carboxylic acids is 2. The van der Waals surface area contributed by atoms with Crippen LogP contribution < -0.4 is 14.4 Å². The predicted molar refractivity (Wildman–Crippen MR) is 168 cm³/mol. The van der Waals surface area contributed by atoms with E-state index in [9.17, 15) is 18.0 Å². The van der Waals surface area contributed by atoms with Crippen molar-refractivity contribution in [3.63, 3.8) is 0 Å². The zero-order chi connectivity index (χ0) is 31.2. The van der Waals surface area contributed by atoms with Crippen LogP contribution >= 0.6 is 23.2 Å². The van der Waals surface area contributed by atoms with Gasteiger partial charge >= 0.3 is 0 Å². The van der Waals surface area contributed by atoms with Crippen molar-refractivity contribution < 1.29 is 22.7 Å². The number of ether oxygens (including phenoxy) is 1. The first-order chi connectivity index (χ1) is 19.7. The second kappa shape index (κ2) is 13.8. The van der Waals surface area contributed by atoms with Crippen LogP contribution in [0.4, 0.5) is 5.69 Å². The van der Waals surface area contributed by atoms with Crippen molar-refractivity contribution >= 4 is 50.7 Å². The molecule has 42 heavy (non-hydrogen) atoms. The number of hydrogen-bond acceptors (Lipinski definition) is 5. The van der Waals surface area contributed by atoms with Crippen molar-refractivity contribution in [3.05, 3.63) is 87.9 Å². The summed E-state index contributed by atoms with van der Waals surface area (Å²) < 4.78 is 34.3. The molecule has 0 heterocycles. The Morgan fingerprint density at radius 2 is 1.67 bits per heavy atom. The number of nitrogens with zero attached hydrogens (tertiary/aromatic N) is 2. The van der Waals surface area contributed by atoms with Gasteiger partial charge in [0.25, 0.3) is 10.0 Å². The third-order valence-corrected chi connectivity index (χ3v) is 8.76. The molecule has 0 aliphatic rings. The van der Waals surface area contributed by atoms with Crippen LogP contribution in [0.1, 0.15) is 45.2 Å². The lowest BCUT2D eigenvalue weighted by Crippen LogP contribution is -2.55. The lowest BCUT2D eigenvalue weighted by molar-refractivity contribution is -0.141. The minimum Gasteiger partial charge on any atom is -0.497 e. The Balaban J connectivity index is 2.12.